The fourth-order valence-corrected chi connectivity index (χ4v) is 2.60. The van der Waals surface area contributed by atoms with Crippen molar-refractivity contribution in [3.63, 3.8) is 0 Å². The number of carbonyl (C=O) groups is 1. The highest BCUT2D eigenvalue weighted by Gasteiger charge is 2.34. The van der Waals surface area contributed by atoms with Crippen LogP contribution in [0.2, 0.25) is 0 Å². The number of anilines is 2. The van der Waals surface area contributed by atoms with Crippen molar-refractivity contribution in [1.29, 1.82) is 0 Å². The lowest BCUT2D eigenvalue weighted by molar-refractivity contribution is -0.139. The van der Waals surface area contributed by atoms with E-state index >= 15 is 0 Å². The molecule has 0 aliphatic rings. The molecule has 0 atom stereocenters. The second kappa shape index (κ2) is 6.78. The summed E-state index contributed by atoms with van der Waals surface area (Å²) in [6.07, 6.45) is -2.05. The van der Waals surface area contributed by atoms with Crippen LogP contribution in [0.1, 0.15) is 22.8 Å². The Kier molecular flexibility index (Phi) is 4.64. The van der Waals surface area contributed by atoms with E-state index in [4.69, 9.17) is 5.73 Å². The number of alkyl halides is 3. The van der Waals surface area contributed by atoms with Gasteiger partial charge < -0.3 is 10.6 Å². The van der Waals surface area contributed by atoms with Crippen molar-refractivity contribution in [2.45, 2.75) is 13.1 Å². The molecule has 0 aliphatic carbocycles. The number of halogens is 4. The summed E-state index contributed by atoms with van der Waals surface area (Å²) < 4.78 is 52.2. The van der Waals surface area contributed by atoms with Crippen molar-refractivity contribution in [2.75, 3.05) is 11.4 Å². The lowest BCUT2D eigenvalue weighted by Gasteiger charge is -2.22. The highest BCUT2D eigenvalue weighted by atomic mass is 19.4. The average Bonchev–Trinajstić information content (AvgIpc) is 2.60. The Balaban J connectivity index is 2.10. The first-order chi connectivity index (χ1) is 12.7. The van der Waals surface area contributed by atoms with Crippen molar-refractivity contribution in [2.24, 2.45) is 5.73 Å². The number of hydrogen-bond acceptors (Lipinski definition) is 5. The molecule has 3 rings (SSSR count). The number of benzene rings is 1. The Hall–Kier alpha value is -3.30. The van der Waals surface area contributed by atoms with E-state index in [1.165, 1.54) is 23.4 Å². The number of fused-ring (bicyclic) bond motifs is 1. The van der Waals surface area contributed by atoms with E-state index in [-0.39, 0.29) is 29.3 Å². The van der Waals surface area contributed by atoms with Crippen LogP contribution in [0.15, 0.2) is 36.7 Å². The van der Waals surface area contributed by atoms with Crippen LogP contribution in [-0.2, 0) is 6.18 Å². The minimum absolute atomic E-state index is 0.0691. The van der Waals surface area contributed by atoms with E-state index < -0.39 is 23.5 Å². The molecular formula is C17H13F4N5O. The second-order valence-corrected chi connectivity index (χ2v) is 5.53. The van der Waals surface area contributed by atoms with Crippen LogP contribution in [0.3, 0.4) is 0 Å². The molecular weight excluding hydrogens is 366 g/mol. The van der Waals surface area contributed by atoms with Gasteiger partial charge in [-0.3, -0.25) is 9.78 Å². The van der Waals surface area contributed by atoms with Gasteiger partial charge in [0, 0.05) is 18.4 Å². The maximum absolute atomic E-state index is 13.9. The van der Waals surface area contributed by atoms with Crippen LogP contribution in [0.4, 0.5) is 29.2 Å². The molecule has 2 heterocycles. The van der Waals surface area contributed by atoms with Crippen molar-refractivity contribution in [3.8, 4) is 0 Å². The third-order valence-corrected chi connectivity index (χ3v) is 3.86. The molecule has 3 aromatic rings. The Morgan fingerprint density at radius 1 is 1.22 bits per heavy atom. The first-order valence-electron chi connectivity index (χ1n) is 7.78. The van der Waals surface area contributed by atoms with Gasteiger partial charge >= 0.3 is 6.18 Å². The lowest BCUT2D eigenvalue weighted by atomic mass is 10.1. The first kappa shape index (κ1) is 18.5. The number of hydrogen-bond donors (Lipinski definition) is 1. The summed E-state index contributed by atoms with van der Waals surface area (Å²) in [5, 5.41) is 0. The monoisotopic (exact) mass is 379 g/mol. The molecule has 0 spiro atoms. The largest absolute Gasteiger partial charge is 0.419 e. The zero-order valence-electron chi connectivity index (χ0n) is 14.0. The third kappa shape index (κ3) is 3.50. The van der Waals surface area contributed by atoms with Gasteiger partial charge in [0.2, 0.25) is 5.95 Å². The molecule has 0 fully saturated rings. The Labute approximate surface area is 150 Å². The predicted molar refractivity (Wildman–Crippen MR) is 89.9 cm³/mol. The smallest absolute Gasteiger partial charge is 0.366 e. The molecule has 6 nitrogen and oxygen atoms in total. The van der Waals surface area contributed by atoms with Gasteiger partial charge in [-0.1, -0.05) is 0 Å². The number of rotatable bonds is 4. The van der Waals surface area contributed by atoms with Crippen molar-refractivity contribution in [3.05, 3.63) is 53.6 Å². The molecule has 10 heteroatoms. The van der Waals surface area contributed by atoms with Crippen LogP contribution < -0.4 is 10.6 Å². The molecule has 0 bridgehead atoms. The molecule has 2 N–H and O–H groups in total. The van der Waals surface area contributed by atoms with Crippen LogP contribution in [-0.4, -0.2) is 27.4 Å². The number of primary amides is 1. The summed E-state index contributed by atoms with van der Waals surface area (Å²) in [7, 11) is 0. The molecule has 0 radical (unpaired) electrons. The summed E-state index contributed by atoms with van der Waals surface area (Å²) in [5.41, 5.74) is 4.74. The van der Waals surface area contributed by atoms with Gasteiger partial charge in [-0.25, -0.2) is 14.4 Å². The summed E-state index contributed by atoms with van der Waals surface area (Å²) >= 11 is 0. The topological polar surface area (TPSA) is 85.0 Å². The number of amides is 1. The SMILES string of the molecule is CCN(c1ccc(C(F)(F)F)c(F)c1)c1ncc2nccc(C(N)=O)c2n1. The molecule has 1 aromatic carbocycles. The Morgan fingerprint density at radius 3 is 2.56 bits per heavy atom. The molecule has 0 aliphatic heterocycles. The van der Waals surface area contributed by atoms with Crippen molar-refractivity contribution >= 4 is 28.6 Å². The quantitative estimate of drug-likeness (QED) is 0.702. The summed E-state index contributed by atoms with van der Waals surface area (Å²) in [4.78, 5) is 25.4. The summed E-state index contributed by atoms with van der Waals surface area (Å²) in [5.74, 6) is -2.05. The number of carbonyl (C=O) groups excluding carboxylic acids is 1. The number of nitrogens with zero attached hydrogens (tertiary/aromatic N) is 4. The maximum atomic E-state index is 13.9. The fraction of sp³-hybridized carbons (Fsp3) is 0.176. The van der Waals surface area contributed by atoms with E-state index in [2.05, 4.69) is 15.0 Å². The van der Waals surface area contributed by atoms with Gasteiger partial charge in [-0.05, 0) is 31.2 Å². The zero-order valence-corrected chi connectivity index (χ0v) is 14.0. The van der Waals surface area contributed by atoms with Gasteiger partial charge in [0.1, 0.15) is 16.9 Å². The van der Waals surface area contributed by atoms with Gasteiger partial charge in [0.15, 0.2) is 0 Å². The Bertz CT molecular complexity index is 1020. The van der Waals surface area contributed by atoms with Crippen LogP contribution in [0, 0.1) is 5.82 Å². The molecule has 0 saturated heterocycles. The highest BCUT2D eigenvalue weighted by Crippen LogP contribution is 2.34. The van der Waals surface area contributed by atoms with Crippen LogP contribution in [0.5, 0.6) is 0 Å². The average molecular weight is 379 g/mol. The van der Waals surface area contributed by atoms with E-state index in [1.807, 2.05) is 0 Å². The molecule has 1 amide bonds. The highest BCUT2D eigenvalue weighted by molar-refractivity contribution is 6.03. The first-order valence-corrected chi connectivity index (χ1v) is 7.78. The lowest BCUT2D eigenvalue weighted by Crippen LogP contribution is -2.20. The van der Waals surface area contributed by atoms with Crippen molar-refractivity contribution in [1.82, 2.24) is 15.0 Å². The molecule has 0 saturated carbocycles. The van der Waals surface area contributed by atoms with Gasteiger partial charge in [0.25, 0.3) is 5.91 Å². The zero-order chi connectivity index (χ0) is 19.8. The van der Waals surface area contributed by atoms with Crippen LogP contribution >= 0.6 is 0 Å². The minimum atomic E-state index is -4.79. The molecule has 140 valence electrons. The Morgan fingerprint density at radius 2 is 1.96 bits per heavy atom. The normalized spacial score (nSPS) is 11.6. The van der Waals surface area contributed by atoms with E-state index in [1.54, 1.807) is 6.92 Å². The summed E-state index contributed by atoms with van der Waals surface area (Å²) in [6, 6.07) is 3.94. The number of nitrogens with two attached hydrogens (primary N) is 1. The third-order valence-electron chi connectivity index (χ3n) is 3.86. The second-order valence-electron chi connectivity index (χ2n) is 5.53. The molecule has 0 unspecified atom stereocenters. The summed E-state index contributed by atoms with van der Waals surface area (Å²) in [6.45, 7) is 1.93. The van der Waals surface area contributed by atoms with Gasteiger partial charge in [-0.15, -0.1) is 0 Å². The fourth-order valence-electron chi connectivity index (χ4n) is 2.60. The maximum Gasteiger partial charge on any atom is 0.419 e. The van der Waals surface area contributed by atoms with E-state index in [9.17, 15) is 22.4 Å². The van der Waals surface area contributed by atoms with E-state index in [0.29, 0.717) is 11.6 Å². The van der Waals surface area contributed by atoms with Crippen LogP contribution in [0.25, 0.3) is 11.0 Å². The van der Waals surface area contributed by atoms with Gasteiger partial charge in [0.05, 0.1) is 17.3 Å². The van der Waals surface area contributed by atoms with Gasteiger partial charge in [-0.2, -0.15) is 13.2 Å². The van der Waals surface area contributed by atoms with Crippen molar-refractivity contribution < 1.29 is 22.4 Å². The molecule has 2 aromatic heterocycles. The number of aromatic nitrogens is 3. The predicted octanol–water partition coefficient (Wildman–Crippen LogP) is 3.44. The minimum Gasteiger partial charge on any atom is -0.366 e. The molecule has 27 heavy (non-hydrogen) atoms. The number of pyridine rings is 1. The van der Waals surface area contributed by atoms with E-state index in [0.717, 1.165) is 12.1 Å². The standard InChI is InChI=1S/C17H13F4N5O/c1-2-26(9-3-4-11(12(18)7-9)17(19,20)21)16-24-8-13-14(25-16)10(15(22)27)5-6-23-13/h3-8H,2H2,1H3,(H2,22,27).